The molecule has 4 heteroatoms. The molecule has 0 aromatic carbocycles. The summed E-state index contributed by atoms with van der Waals surface area (Å²) < 4.78 is 1.72. The van der Waals surface area contributed by atoms with Crippen molar-refractivity contribution in [2.24, 2.45) is 7.05 Å². The minimum Gasteiger partial charge on any atom is -0.314 e. The van der Waals surface area contributed by atoms with E-state index in [4.69, 9.17) is 11.6 Å². The second-order valence-corrected chi connectivity index (χ2v) is 4.91. The average molecular weight is 256 g/mol. The third-order valence-electron chi connectivity index (χ3n) is 2.62. The minimum absolute atomic E-state index is 0.554. The predicted octanol–water partition coefficient (Wildman–Crippen LogP) is 2.87. The number of nitrogens with one attached hydrogen (secondary N) is 1. The van der Waals surface area contributed by atoms with Gasteiger partial charge in [0.25, 0.3) is 0 Å². The molecule has 1 aromatic heterocycles. The van der Waals surface area contributed by atoms with Gasteiger partial charge in [0.15, 0.2) is 0 Å². The minimum atomic E-state index is 0.554. The molecule has 0 radical (unpaired) electrons. The fraction of sp³-hybridized carbons (Fsp3) is 0.615. The summed E-state index contributed by atoms with van der Waals surface area (Å²) >= 11 is 6.15. The Morgan fingerprint density at radius 3 is 2.65 bits per heavy atom. The van der Waals surface area contributed by atoms with Crippen LogP contribution >= 0.6 is 11.6 Å². The van der Waals surface area contributed by atoms with E-state index in [1.165, 1.54) is 0 Å². The molecule has 0 amide bonds. The van der Waals surface area contributed by atoms with Crippen LogP contribution in [0.25, 0.3) is 0 Å². The van der Waals surface area contributed by atoms with Gasteiger partial charge in [0.1, 0.15) is 5.15 Å². The Kier molecular flexibility index (Phi) is 5.72. The van der Waals surface area contributed by atoms with E-state index in [1.807, 2.05) is 14.0 Å². The Morgan fingerprint density at radius 2 is 2.12 bits per heavy atom. The molecule has 0 fully saturated rings. The first-order valence-electron chi connectivity index (χ1n) is 6.08. The summed E-state index contributed by atoms with van der Waals surface area (Å²) in [6.45, 7) is 7.33. The van der Waals surface area contributed by atoms with Crippen LogP contribution in [0.15, 0.2) is 12.2 Å². The van der Waals surface area contributed by atoms with Crippen LogP contribution in [0.3, 0.4) is 0 Å². The van der Waals surface area contributed by atoms with Gasteiger partial charge in [-0.25, -0.2) is 0 Å². The zero-order chi connectivity index (χ0) is 12.8. The molecule has 0 unspecified atom stereocenters. The van der Waals surface area contributed by atoms with E-state index in [9.17, 15) is 0 Å². The number of hydrogen-bond acceptors (Lipinski definition) is 2. The quantitative estimate of drug-likeness (QED) is 0.626. The number of hydrogen-bond donors (Lipinski definition) is 1. The molecule has 1 N–H and O–H groups in total. The Labute approximate surface area is 109 Å². The van der Waals surface area contributed by atoms with E-state index in [1.54, 1.807) is 4.68 Å². The number of aryl methyl sites for hydroxylation is 2. The van der Waals surface area contributed by atoms with E-state index in [2.05, 4.69) is 36.4 Å². The second-order valence-electron chi connectivity index (χ2n) is 4.55. The van der Waals surface area contributed by atoms with Crippen LogP contribution in [0.2, 0.25) is 5.15 Å². The zero-order valence-corrected chi connectivity index (χ0v) is 11.9. The average Bonchev–Trinajstić information content (AvgIpc) is 2.48. The van der Waals surface area contributed by atoms with Crippen LogP contribution in [0.1, 0.15) is 31.5 Å². The molecule has 0 saturated heterocycles. The lowest BCUT2D eigenvalue weighted by molar-refractivity contribution is 0.594. The fourth-order valence-corrected chi connectivity index (χ4v) is 1.93. The van der Waals surface area contributed by atoms with Crippen molar-refractivity contribution in [1.29, 1.82) is 0 Å². The van der Waals surface area contributed by atoms with Gasteiger partial charge in [0.2, 0.25) is 0 Å². The zero-order valence-electron chi connectivity index (χ0n) is 11.1. The standard InChI is InChI=1S/C13H22ClN3/c1-10(2)15-9-7-5-6-8-12-11(3)16-17(4)13(12)14/h5-6,10,15H,7-9H2,1-4H3/b6-5+. The van der Waals surface area contributed by atoms with Crippen LogP contribution in [0.4, 0.5) is 0 Å². The summed E-state index contributed by atoms with van der Waals surface area (Å²) in [5.74, 6) is 0. The van der Waals surface area contributed by atoms with Crippen molar-refractivity contribution < 1.29 is 0 Å². The van der Waals surface area contributed by atoms with Gasteiger partial charge in [-0.2, -0.15) is 5.10 Å². The maximum absolute atomic E-state index is 6.15. The molecule has 1 heterocycles. The van der Waals surface area contributed by atoms with Gasteiger partial charge in [-0.3, -0.25) is 4.68 Å². The summed E-state index contributed by atoms with van der Waals surface area (Å²) in [5, 5.41) is 8.41. The molecular weight excluding hydrogens is 234 g/mol. The maximum Gasteiger partial charge on any atom is 0.130 e. The molecule has 1 aromatic rings. The third-order valence-corrected chi connectivity index (χ3v) is 3.09. The van der Waals surface area contributed by atoms with Crippen molar-refractivity contribution >= 4 is 11.6 Å². The second kappa shape index (κ2) is 6.82. The van der Waals surface area contributed by atoms with E-state index >= 15 is 0 Å². The van der Waals surface area contributed by atoms with Crippen molar-refractivity contribution in [2.75, 3.05) is 6.54 Å². The van der Waals surface area contributed by atoms with Crippen molar-refractivity contribution in [3.05, 3.63) is 28.6 Å². The Balaban J connectivity index is 2.37. The number of halogens is 1. The lowest BCUT2D eigenvalue weighted by Gasteiger charge is -2.04. The number of aromatic nitrogens is 2. The van der Waals surface area contributed by atoms with Crippen LogP contribution in [0.5, 0.6) is 0 Å². The van der Waals surface area contributed by atoms with E-state index < -0.39 is 0 Å². The van der Waals surface area contributed by atoms with E-state index in [0.717, 1.165) is 35.8 Å². The van der Waals surface area contributed by atoms with Gasteiger partial charge in [-0.15, -0.1) is 0 Å². The lowest BCUT2D eigenvalue weighted by atomic mass is 10.2. The predicted molar refractivity (Wildman–Crippen MR) is 73.6 cm³/mol. The summed E-state index contributed by atoms with van der Waals surface area (Å²) in [6, 6.07) is 0.554. The van der Waals surface area contributed by atoms with E-state index in [-0.39, 0.29) is 0 Å². The number of allylic oxidation sites excluding steroid dienone is 1. The molecule has 0 aliphatic rings. The lowest BCUT2D eigenvalue weighted by Crippen LogP contribution is -2.23. The molecule has 0 saturated carbocycles. The molecule has 96 valence electrons. The van der Waals surface area contributed by atoms with Gasteiger partial charge < -0.3 is 5.32 Å². The van der Waals surface area contributed by atoms with Gasteiger partial charge in [0, 0.05) is 18.7 Å². The Bertz CT molecular complexity index is 380. The van der Waals surface area contributed by atoms with Crippen LogP contribution < -0.4 is 5.32 Å². The molecule has 1 rings (SSSR count). The van der Waals surface area contributed by atoms with Crippen molar-refractivity contribution in [2.45, 2.75) is 39.7 Å². The molecule has 3 nitrogen and oxygen atoms in total. The number of rotatable bonds is 6. The van der Waals surface area contributed by atoms with Crippen molar-refractivity contribution in [3.63, 3.8) is 0 Å². The summed E-state index contributed by atoms with van der Waals surface area (Å²) in [5.41, 5.74) is 2.14. The smallest absolute Gasteiger partial charge is 0.130 e. The Morgan fingerprint density at radius 1 is 1.41 bits per heavy atom. The summed E-state index contributed by atoms with van der Waals surface area (Å²) in [6.07, 6.45) is 6.27. The largest absolute Gasteiger partial charge is 0.314 e. The number of nitrogens with zero attached hydrogens (tertiary/aromatic N) is 2. The van der Waals surface area contributed by atoms with Gasteiger partial charge in [0.05, 0.1) is 5.69 Å². The van der Waals surface area contributed by atoms with E-state index in [0.29, 0.717) is 6.04 Å². The molecule has 0 atom stereocenters. The monoisotopic (exact) mass is 255 g/mol. The topological polar surface area (TPSA) is 29.9 Å². The first kappa shape index (κ1) is 14.3. The molecule has 17 heavy (non-hydrogen) atoms. The van der Waals surface area contributed by atoms with Gasteiger partial charge in [-0.05, 0) is 26.3 Å². The summed E-state index contributed by atoms with van der Waals surface area (Å²) in [4.78, 5) is 0. The first-order chi connectivity index (χ1) is 8.02. The normalized spacial score (nSPS) is 11.9. The van der Waals surface area contributed by atoms with Crippen molar-refractivity contribution in [1.82, 2.24) is 15.1 Å². The fourth-order valence-electron chi connectivity index (χ4n) is 1.68. The maximum atomic E-state index is 6.15. The SMILES string of the molecule is Cc1nn(C)c(Cl)c1C/C=C/CCNC(C)C. The van der Waals surface area contributed by atoms with Crippen molar-refractivity contribution in [3.8, 4) is 0 Å². The first-order valence-corrected chi connectivity index (χ1v) is 6.46. The highest BCUT2D eigenvalue weighted by Crippen LogP contribution is 2.19. The van der Waals surface area contributed by atoms with Gasteiger partial charge >= 0.3 is 0 Å². The summed E-state index contributed by atoms with van der Waals surface area (Å²) in [7, 11) is 1.87. The highest BCUT2D eigenvalue weighted by atomic mass is 35.5. The highest BCUT2D eigenvalue weighted by molar-refractivity contribution is 6.30. The molecular formula is C13H22ClN3. The Hall–Kier alpha value is -0.800. The molecule has 0 aliphatic carbocycles. The molecule has 0 spiro atoms. The molecule has 0 aliphatic heterocycles. The highest BCUT2D eigenvalue weighted by Gasteiger charge is 2.08. The van der Waals surface area contributed by atoms with Crippen LogP contribution in [-0.4, -0.2) is 22.4 Å². The third kappa shape index (κ3) is 4.52. The van der Waals surface area contributed by atoms with Crippen LogP contribution in [0, 0.1) is 6.92 Å². The molecule has 0 bridgehead atoms. The van der Waals surface area contributed by atoms with Crippen LogP contribution in [-0.2, 0) is 13.5 Å². The van der Waals surface area contributed by atoms with Gasteiger partial charge in [-0.1, -0.05) is 37.6 Å².